The number of esters is 1. The van der Waals surface area contributed by atoms with Gasteiger partial charge in [0.2, 0.25) is 0 Å². The summed E-state index contributed by atoms with van der Waals surface area (Å²) in [6.07, 6.45) is 3.01. The summed E-state index contributed by atoms with van der Waals surface area (Å²) >= 11 is 6.15. The average molecular weight is 354 g/mol. The Kier molecular flexibility index (Phi) is 5.14. The van der Waals surface area contributed by atoms with E-state index < -0.39 is 5.97 Å². The molecular weight excluding hydrogens is 334 g/mol. The SMILES string of the molecule is CC(NC(=O)COC(=O)c1cc(Cl)c2c(c1)OCCCO2)C1CC1. The van der Waals surface area contributed by atoms with Crippen molar-refractivity contribution >= 4 is 23.5 Å². The predicted molar refractivity (Wildman–Crippen MR) is 87.7 cm³/mol. The second kappa shape index (κ2) is 7.30. The van der Waals surface area contributed by atoms with Crippen LogP contribution in [0.5, 0.6) is 11.5 Å². The molecule has 7 heteroatoms. The average Bonchev–Trinajstić information content (AvgIpc) is 3.38. The molecule has 24 heavy (non-hydrogen) atoms. The molecule has 1 aromatic carbocycles. The maximum Gasteiger partial charge on any atom is 0.338 e. The molecule has 1 saturated carbocycles. The van der Waals surface area contributed by atoms with Gasteiger partial charge in [0, 0.05) is 12.5 Å². The van der Waals surface area contributed by atoms with Crippen LogP contribution in [-0.2, 0) is 9.53 Å². The minimum Gasteiger partial charge on any atom is -0.489 e. The number of benzene rings is 1. The van der Waals surface area contributed by atoms with Gasteiger partial charge in [-0.2, -0.15) is 0 Å². The van der Waals surface area contributed by atoms with E-state index in [1.54, 1.807) is 0 Å². The van der Waals surface area contributed by atoms with Crippen LogP contribution in [0.1, 0.15) is 36.5 Å². The second-order valence-corrected chi connectivity index (χ2v) is 6.51. The molecule has 3 rings (SSSR count). The lowest BCUT2D eigenvalue weighted by molar-refractivity contribution is -0.124. The summed E-state index contributed by atoms with van der Waals surface area (Å²) in [5, 5.41) is 3.12. The van der Waals surface area contributed by atoms with Crippen LogP contribution in [0.15, 0.2) is 12.1 Å². The van der Waals surface area contributed by atoms with Crippen molar-refractivity contribution < 1.29 is 23.8 Å². The van der Waals surface area contributed by atoms with Crippen LogP contribution < -0.4 is 14.8 Å². The van der Waals surface area contributed by atoms with Gasteiger partial charge in [-0.3, -0.25) is 4.79 Å². The van der Waals surface area contributed by atoms with Gasteiger partial charge in [0.05, 0.1) is 23.8 Å². The number of nitrogens with one attached hydrogen (secondary N) is 1. The third-order valence-corrected chi connectivity index (χ3v) is 4.37. The Morgan fingerprint density at radius 1 is 1.33 bits per heavy atom. The molecule has 1 amide bonds. The summed E-state index contributed by atoms with van der Waals surface area (Å²) < 4.78 is 16.1. The number of fused-ring (bicyclic) bond motifs is 1. The molecule has 130 valence electrons. The zero-order valence-corrected chi connectivity index (χ0v) is 14.2. The molecule has 6 nitrogen and oxygen atoms in total. The number of hydrogen-bond acceptors (Lipinski definition) is 5. The van der Waals surface area contributed by atoms with Crippen LogP contribution in [-0.4, -0.2) is 37.7 Å². The molecule has 1 atom stereocenters. The monoisotopic (exact) mass is 353 g/mol. The molecular formula is C17H20ClNO5. The Bertz CT molecular complexity index is 644. The van der Waals surface area contributed by atoms with Gasteiger partial charge >= 0.3 is 5.97 Å². The standard InChI is InChI=1S/C17H20ClNO5/c1-10(11-3-4-11)19-15(20)9-24-17(21)12-7-13(18)16-14(8-12)22-5-2-6-23-16/h7-8,10-11H,2-6,9H2,1H3,(H,19,20). The van der Waals surface area contributed by atoms with E-state index in [0.29, 0.717) is 30.6 Å². The van der Waals surface area contributed by atoms with E-state index in [9.17, 15) is 9.59 Å². The molecule has 0 bridgehead atoms. The number of ether oxygens (including phenoxy) is 3. The fraction of sp³-hybridized carbons (Fsp3) is 0.529. The van der Waals surface area contributed by atoms with Crippen LogP contribution in [0, 0.1) is 5.92 Å². The van der Waals surface area contributed by atoms with Gasteiger partial charge < -0.3 is 19.5 Å². The first-order valence-corrected chi connectivity index (χ1v) is 8.48. The number of rotatable bonds is 5. The largest absolute Gasteiger partial charge is 0.489 e. The summed E-state index contributed by atoms with van der Waals surface area (Å²) in [6.45, 7) is 2.64. The molecule has 1 heterocycles. The topological polar surface area (TPSA) is 73.9 Å². The minimum atomic E-state index is -0.623. The van der Waals surface area contributed by atoms with Gasteiger partial charge in [0.1, 0.15) is 0 Å². The fourth-order valence-electron chi connectivity index (χ4n) is 2.57. The summed E-state index contributed by atoms with van der Waals surface area (Å²) in [6, 6.07) is 3.10. The maximum absolute atomic E-state index is 12.1. The van der Waals surface area contributed by atoms with Gasteiger partial charge in [-0.15, -0.1) is 0 Å². The molecule has 0 saturated heterocycles. The van der Waals surface area contributed by atoms with E-state index in [1.165, 1.54) is 12.1 Å². The van der Waals surface area contributed by atoms with E-state index in [-0.39, 0.29) is 29.1 Å². The molecule has 2 aliphatic rings. The molecule has 1 N–H and O–H groups in total. The van der Waals surface area contributed by atoms with Gasteiger partial charge in [-0.25, -0.2) is 4.79 Å². The Hall–Kier alpha value is -1.95. The maximum atomic E-state index is 12.1. The predicted octanol–water partition coefficient (Wildman–Crippen LogP) is 2.57. The first-order valence-electron chi connectivity index (χ1n) is 8.10. The van der Waals surface area contributed by atoms with Crippen LogP contribution in [0.3, 0.4) is 0 Å². The van der Waals surface area contributed by atoms with Gasteiger partial charge in [0.25, 0.3) is 5.91 Å². The van der Waals surface area contributed by atoms with Crippen molar-refractivity contribution in [2.45, 2.75) is 32.2 Å². The molecule has 1 aromatic rings. The first kappa shape index (κ1) is 16.9. The Morgan fingerprint density at radius 3 is 2.83 bits per heavy atom. The van der Waals surface area contributed by atoms with E-state index >= 15 is 0 Å². The number of amides is 1. The minimum absolute atomic E-state index is 0.115. The summed E-state index contributed by atoms with van der Waals surface area (Å²) in [4.78, 5) is 24.0. The number of hydrogen-bond donors (Lipinski definition) is 1. The summed E-state index contributed by atoms with van der Waals surface area (Å²) in [7, 11) is 0. The highest BCUT2D eigenvalue weighted by molar-refractivity contribution is 6.32. The number of carbonyl (C=O) groups excluding carboxylic acids is 2. The van der Waals surface area contributed by atoms with E-state index in [4.69, 9.17) is 25.8 Å². The van der Waals surface area contributed by atoms with E-state index in [2.05, 4.69) is 5.32 Å². The summed E-state index contributed by atoms with van der Waals surface area (Å²) in [5.41, 5.74) is 0.229. The van der Waals surface area contributed by atoms with Gasteiger partial charge in [0.15, 0.2) is 18.1 Å². The highest BCUT2D eigenvalue weighted by atomic mass is 35.5. The van der Waals surface area contributed by atoms with Crippen molar-refractivity contribution in [1.29, 1.82) is 0 Å². The molecule has 1 unspecified atom stereocenters. The van der Waals surface area contributed by atoms with Gasteiger partial charge in [-0.1, -0.05) is 11.6 Å². The van der Waals surface area contributed by atoms with Crippen LogP contribution in [0.2, 0.25) is 5.02 Å². The van der Waals surface area contributed by atoms with Gasteiger partial charge in [-0.05, 0) is 37.8 Å². The molecule has 0 radical (unpaired) electrons. The van der Waals surface area contributed by atoms with E-state index in [1.807, 2.05) is 6.92 Å². The molecule has 1 aliphatic carbocycles. The molecule has 1 fully saturated rings. The lowest BCUT2D eigenvalue weighted by Crippen LogP contribution is -2.37. The Morgan fingerprint density at radius 2 is 2.08 bits per heavy atom. The third kappa shape index (κ3) is 4.12. The molecule has 0 aromatic heterocycles. The van der Waals surface area contributed by atoms with Crippen molar-refractivity contribution in [2.75, 3.05) is 19.8 Å². The second-order valence-electron chi connectivity index (χ2n) is 6.11. The Labute approximate surface area is 145 Å². The van der Waals surface area contributed by atoms with Crippen molar-refractivity contribution in [3.8, 4) is 11.5 Å². The van der Waals surface area contributed by atoms with Crippen LogP contribution in [0.25, 0.3) is 0 Å². The van der Waals surface area contributed by atoms with Crippen molar-refractivity contribution in [2.24, 2.45) is 5.92 Å². The smallest absolute Gasteiger partial charge is 0.338 e. The van der Waals surface area contributed by atoms with Crippen molar-refractivity contribution in [3.05, 3.63) is 22.7 Å². The number of halogens is 1. The lowest BCUT2D eigenvalue weighted by Gasteiger charge is -2.13. The quantitative estimate of drug-likeness (QED) is 0.823. The van der Waals surface area contributed by atoms with E-state index in [0.717, 1.165) is 19.3 Å². The zero-order chi connectivity index (χ0) is 17.1. The van der Waals surface area contributed by atoms with Crippen LogP contribution >= 0.6 is 11.6 Å². The molecule has 0 spiro atoms. The highest BCUT2D eigenvalue weighted by Crippen LogP contribution is 2.38. The lowest BCUT2D eigenvalue weighted by atomic mass is 10.2. The zero-order valence-electron chi connectivity index (χ0n) is 13.5. The number of carbonyl (C=O) groups is 2. The van der Waals surface area contributed by atoms with Crippen molar-refractivity contribution in [1.82, 2.24) is 5.32 Å². The summed E-state index contributed by atoms with van der Waals surface area (Å²) in [5.74, 6) is 0.468. The third-order valence-electron chi connectivity index (χ3n) is 4.09. The Balaban J connectivity index is 1.59. The van der Waals surface area contributed by atoms with Crippen molar-refractivity contribution in [3.63, 3.8) is 0 Å². The molecule has 1 aliphatic heterocycles. The normalized spacial score (nSPS) is 17.6. The first-order chi connectivity index (χ1) is 11.5. The highest BCUT2D eigenvalue weighted by Gasteiger charge is 2.29. The van der Waals surface area contributed by atoms with Crippen LogP contribution in [0.4, 0.5) is 0 Å². The fourth-order valence-corrected chi connectivity index (χ4v) is 2.84.